The Kier molecular flexibility index (Phi) is 7.80. The van der Waals surface area contributed by atoms with E-state index in [1.165, 1.54) is 82.1 Å². The van der Waals surface area contributed by atoms with Crippen LogP contribution in [0.25, 0.3) is 110 Å². The Balaban J connectivity index is 1.15. The lowest BCUT2D eigenvalue weighted by Gasteiger charge is -2.42. The molecule has 0 bridgehead atoms. The molecule has 12 aromatic rings. The number of para-hydroxylation sites is 3. The van der Waals surface area contributed by atoms with Crippen molar-refractivity contribution in [2.75, 3.05) is 0 Å². The van der Waals surface area contributed by atoms with Crippen LogP contribution in [0.3, 0.4) is 0 Å². The maximum absolute atomic E-state index is 5.59. The van der Waals surface area contributed by atoms with Gasteiger partial charge in [-0.2, -0.15) is 0 Å². The van der Waals surface area contributed by atoms with Crippen LogP contribution < -0.4 is 0 Å². The second-order valence-corrected chi connectivity index (χ2v) is 19.2. The predicted molar refractivity (Wildman–Crippen MR) is 269 cm³/mol. The molecule has 4 heteroatoms. The van der Waals surface area contributed by atoms with Crippen LogP contribution in [0.5, 0.6) is 0 Å². The molecule has 0 radical (unpaired) electrons. The van der Waals surface area contributed by atoms with Gasteiger partial charge in [-0.25, -0.2) is 9.97 Å². The lowest BCUT2D eigenvalue weighted by atomic mass is 9.62. The first kappa shape index (κ1) is 37.0. The second kappa shape index (κ2) is 13.5. The predicted octanol–water partition coefficient (Wildman–Crippen LogP) is 15.8. The van der Waals surface area contributed by atoms with Crippen LogP contribution in [0, 0.1) is 0 Å². The fraction of sp³-hybridized carbons (Fsp3) is 0.133. The smallest absolute Gasteiger partial charge is 0.165 e. The summed E-state index contributed by atoms with van der Waals surface area (Å²) in [5.74, 6) is 0.814. The van der Waals surface area contributed by atoms with Gasteiger partial charge in [0.15, 0.2) is 5.82 Å². The van der Waals surface area contributed by atoms with Crippen LogP contribution in [0.2, 0.25) is 0 Å². The molecule has 0 N–H and O–H groups in total. The molecular formula is C60H46N4. The molecule has 0 saturated heterocycles. The topological polar surface area (TPSA) is 35.6 Å². The fourth-order valence-electron chi connectivity index (χ4n) is 11.2. The van der Waals surface area contributed by atoms with Gasteiger partial charge in [-0.3, -0.25) is 4.57 Å². The average molecular weight is 823 g/mol. The monoisotopic (exact) mass is 822 g/mol. The van der Waals surface area contributed by atoms with Crippen molar-refractivity contribution in [2.24, 2.45) is 0 Å². The molecule has 3 aromatic heterocycles. The number of hydrogen-bond donors (Lipinski definition) is 0. The van der Waals surface area contributed by atoms with Gasteiger partial charge < -0.3 is 4.57 Å². The van der Waals surface area contributed by atoms with E-state index in [2.05, 4.69) is 219 Å². The van der Waals surface area contributed by atoms with Crippen LogP contribution in [-0.2, 0) is 10.8 Å². The minimum absolute atomic E-state index is 0.00157. The molecule has 13 rings (SSSR count). The summed E-state index contributed by atoms with van der Waals surface area (Å²) < 4.78 is 4.96. The molecule has 306 valence electrons. The number of rotatable bonds is 4. The average Bonchev–Trinajstić information content (AvgIpc) is 3.83. The van der Waals surface area contributed by atoms with Gasteiger partial charge in [0.2, 0.25) is 0 Å². The Morgan fingerprint density at radius 2 is 1.08 bits per heavy atom. The highest BCUT2D eigenvalue weighted by Gasteiger charge is 2.40. The van der Waals surface area contributed by atoms with Gasteiger partial charge in [0, 0.05) is 32.8 Å². The van der Waals surface area contributed by atoms with Crippen molar-refractivity contribution in [1.29, 1.82) is 0 Å². The number of nitrogens with zero attached hydrogens (tertiary/aromatic N) is 4. The van der Waals surface area contributed by atoms with E-state index in [1.54, 1.807) is 0 Å². The quantitative estimate of drug-likeness (QED) is 0.177. The molecule has 64 heavy (non-hydrogen) atoms. The molecule has 9 aromatic carbocycles. The minimum Gasteiger partial charge on any atom is -0.309 e. The summed E-state index contributed by atoms with van der Waals surface area (Å²) in [6.07, 6.45) is 2.30. The first-order valence-corrected chi connectivity index (χ1v) is 22.6. The molecule has 0 saturated carbocycles. The Morgan fingerprint density at radius 3 is 1.88 bits per heavy atom. The molecular weight excluding hydrogens is 777 g/mol. The van der Waals surface area contributed by atoms with E-state index in [9.17, 15) is 0 Å². The zero-order valence-corrected chi connectivity index (χ0v) is 36.5. The van der Waals surface area contributed by atoms with Gasteiger partial charge in [0.1, 0.15) is 5.69 Å². The largest absolute Gasteiger partial charge is 0.309 e. The third-order valence-electron chi connectivity index (χ3n) is 14.5. The van der Waals surface area contributed by atoms with Crippen molar-refractivity contribution < 1.29 is 0 Å². The third-order valence-corrected chi connectivity index (χ3v) is 14.5. The zero-order valence-electron chi connectivity index (χ0n) is 36.5. The fourth-order valence-corrected chi connectivity index (χ4v) is 11.2. The first-order chi connectivity index (χ1) is 31.2. The standard InChI is InChI=1S/C60H46N4/c1-59(2)33-34-60(3,4)55-48(59)31-30-45-46-35-47-53(36-52(46)63(57(45)55)41-18-6-5-7-19-41)64(51-32-29-38-16-9-11-21-44(38)54(47)51)58-56(61-49-23-12-13-24-50(49)62-58)40-27-25-39(26-28-40)43-22-14-17-37-15-8-10-20-42(37)43/h5-32,35-36H,33-34H2,1-4H3. The molecule has 0 fully saturated rings. The van der Waals surface area contributed by atoms with Gasteiger partial charge in [0.25, 0.3) is 0 Å². The molecule has 0 aliphatic heterocycles. The number of fused-ring (bicyclic) bond motifs is 12. The van der Waals surface area contributed by atoms with E-state index in [0.29, 0.717) is 0 Å². The number of aromatic nitrogens is 4. The van der Waals surface area contributed by atoms with Crippen molar-refractivity contribution in [3.05, 3.63) is 193 Å². The molecule has 0 spiro atoms. The molecule has 4 nitrogen and oxygen atoms in total. The summed E-state index contributed by atoms with van der Waals surface area (Å²) in [6.45, 7) is 9.75. The number of hydrogen-bond acceptors (Lipinski definition) is 2. The van der Waals surface area contributed by atoms with Crippen LogP contribution in [0.1, 0.15) is 51.7 Å². The van der Waals surface area contributed by atoms with Crippen molar-refractivity contribution in [2.45, 2.75) is 51.4 Å². The Hall–Kier alpha value is -7.56. The number of benzene rings is 9. The van der Waals surface area contributed by atoms with Crippen molar-refractivity contribution in [3.8, 4) is 33.9 Å². The van der Waals surface area contributed by atoms with Gasteiger partial charge in [-0.05, 0) is 110 Å². The summed E-state index contributed by atoms with van der Waals surface area (Å²) in [4.78, 5) is 11.1. The normalized spacial score (nSPS) is 14.7. The highest BCUT2D eigenvalue weighted by molar-refractivity contribution is 6.25. The Morgan fingerprint density at radius 1 is 0.438 bits per heavy atom. The van der Waals surface area contributed by atoms with E-state index < -0.39 is 0 Å². The van der Waals surface area contributed by atoms with E-state index in [0.717, 1.165) is 52.0 Å². The molecule has 0 atom stereocenters. The molecule has 1 aliphatic rings. The minimum atomic E-state index is 0.00157. The van der Waals surface area contributed by atoms with E-state index >= 15 is 0 Å². The summed E-state index contributed by atoms with van der Waals surface area (Å²) in [6, 6.07) is 66.5. The maximum Gasteiger partial charge on any atom is 0.165 e. The van der Waals surface area contributed by atoms with Crippen molar-refractivity contribution >= 4 is 76.2 Å². The molecule has 0 amide bonds. The van der Waals surface area contributed by atoms with Crippen LogP contribution in [0.4, 0.5) is 0 Å². The van der Waals surface area contributed by atoms with Crippen molar-refractivity contribution in [1.82, 2.24) is 19.1 Å². The SMILES string of the molecule is CC1(C)CCC(C)(C)c2c1ccc1c3cc4c5c6ccccc6ccc5n(-c5nc6ccccc6nc5-c5ccc(-c6cccc7ccccc67)cc5)c4cc3n(-c3ccccc3)c21. The third kappa shape index (κ3) is 5.35. The highest BCUT2D eigenvalue weighted by atomic mass is 15.1. The highest BCUT2D eigenvalue weighted by Crippen LogP contribution is 2.51. The molecule has 0 unspecified atom stereocenters. The second-order valence-electron chi connectivity index (χ2n) is 19.2. The van der Waals surface area contributed by atoms with E-state index in [-0.39, 0.29) is 10.8 Å². The van der Waals surface area contributed by atoms with Gasteiger partial charge in [-0.15, -0.1) is 0 Å². The van der Waals surface area contributed by atoms with E-state index in [4.69, 9.17) is 9.97 Å². The van der Waals surface area contributed by atoms with Crippen LogP contribution in [0.15, 0.2) is 182 Å². The summed E-state index contributed by atoms with van der Waals surface area (Å²) in [7, 11) is 0. The summed E-state index contributed by atoms with van der Waals surface area (Å²) in [5.41, 5.74) is 14.9. The lowest BCUT2D eigenvalue weighted by Crippen LogP contribution is -2.34. The van der Waals surface area contributed by atoms with Gasteiger partial charge >= 0.3 is 0 Å². The van der Waals surface area contributed by atoms with Crippen LogP contribution >= 0.6 is 0 Å². The van der Waals surface area contributed by atoms with Gasteiger partial charge in [-0.1, -0.05) is 167 Å². The zero-order chi connectivity index (χ0) is 42.9. The summed E-state index contributed by atoms with van der Waals surface area (Å²) in [5, 5.41) is 9.90. The summed E-state index contributed by atoms with van der Waals surface area (Å²) >= 11 is 0. The molecule has 1 aliphatic carbocycles. The van der Waals surface area contributed by atoms with Gasteiger partial charge in [0.05, 0.1) is 33.1 Å². The maximum atomic E-state index is 5.59. The first-order valence-electron chi connectivity index (χ1n) is 22.6. The molecule has 3 heterocycles. The van der Waals surface area contributed by atoms with Crippen LogP contribution in [-0.4, -0.2) is 19.1 Å². The van der Waals surface area contributed by atoms with E-state index in [1.807, 2.05) is 0 Å². The Labute approximate surface area is 372 Å². The lowest BCUT2D eigenvalue weighted by molar-refractivity contribution is 0.334. The Bertz CT molecular complexity index is 3880. The van der Waals surface area contributed by atoms with Crippen molar-refractivity contribution in [3.63, 3.8) is 0 Å².